The van der Waals surface area contributed by atoms with E-state index in [-0.39, 0.29) is 29.5 Å². The van der Waals surface area contributed by atoms with Crippen LogP contribution in [0.25, 0.3) is 0 Å². The molecule has 0 unspecified atom stereocenters. The van der Waals surface area contributed by atoms with Crippen LogP contribution < -0.4 is 0 Å². The normalized spacial score (nSPS) is 13.5. The van der Waals surface area contributed by atoms with E-state index in [1.165, 1.54) is 12.1 Å². The topological polar surface area (TPSA) is 60.9 Å². The van der Waals surface area contributed by atoms with Crippen molar-refractivity contribution in [2.45, 2.75) is 27.7 Å². The van der Waals surface area contributed by atoms with Crippen molar-refractivity contribution in [2.75, 3.05) is 32.7 Å². The number of phenols is 1. The number of halogens is 1. The zero-order chi connectivity index (χ0) is 21.8. The molecular weight excluding hydrogens is 371 g/mol. The van der Waals surface area contributed by atoms with Crippen LogP contribution in [0, 0.1) is 5.82 Å². The van der Waals surface area contributed by atoms with E-state index in [9.17, 15) is 19.1 Å². The maximum absolute atomic E-state index is 13.8. The Morgan fingerprint density at radius 3 is 2.07 bits per heavy atom. The highest BCUT2D eigenvalue weighted by atomic mass is 19.1. The van der Waals surface area contributed by atoms with Gasteiger partial charge in [-0.25, -0.2) is 4.39 Å². The maximum atomic E-state index is 13.8. The van der Waals surface area contributed by atoms with Crippen molar-refractivity contribution in [3.63, 3.8) is 0 Å². The molecule has 0 spiro atoms. The van der Waals surface area contributed by atoms with Gasteiger partial charge >= 0.3 is 0 Å². The molecule has 1 heterocycles. The van der Waals surface area contributed by atoms with E-state index in [1.54, 1.807) is 17.0 Å². The summed E-state index contributed by atoms with van der Waals surface area (Å²) in [4.78, 5) is 28.3. The molecule has 6 heteroatoms. The summed E-state index contributed by atoms with van der Waals surface area (Å²) in [6, 6.07) is 12.6. The number of carbonyl (C=O) groups is 2. The minimum absolute atomic E-state index is 0.0174. The van der Waals surface area contributed by atoms with Crippen molar-refractivity contribution < 1.29 is 19.1 Å². The number of hydrogen-bond donors (Lipinski definition) is 1. The lowest BCUT2D eigenvalue weighted by Crippen LogP contribution is -2.49. The Hall–Kier alpha value is -2.73. The number of benzene rings is 2. The molecule has 1 aliphatic heterocycles. The fourth-order valence-electron chi connectivity index (χ4n) is 2.89. The molecule has 0 radical (unpaired) electrons. The fourth-order valence-corrected chi connectivity index (χ4v) is 2.89. The van der Waals surface area contributed by atoms with Crippen molar-refractivity contribution in [1.29, 1.82) is 0 Å². The minimum Gasteiger partial charge on any atom is -0.508 e. The first-order chi connectivity index (χ1) is 14.0. The molecule has 0 saturated carbocycles. The van der Waals surface area contributed by atoms with Gasteiger partial charge in [0.15, 0.2) is 5.78 Å². The summed E-state index contributed by atoms with van der Waals surface area (Å²) < 4.78 is 13.8. The maximum Gasteiger partial charge on any atom is 0.253 e. The zero-order valence-corrected chi connectivity index (χ0v) is 17.7. The number of carbonyl (C=O) groups excluding carboxylic acids is 2. The van der Waals surface area contributed by atoms with Crippen molar-refractivity contribution in [3.8, 4) is 5.75 Å². The fraction of sp³-hybridized carbons (Fsp3) is 0.391. The summed E-state index contributed by atoms with van der Waals surface area (Å²) >= 11 is 0. The third kappa shape index (κ3) is 6.98. The molecule has 1 fully saturated rings. The van der Waals surface area contributed by atoms with Crippen molar-refractivity contribution in [3.05, 3.63) is 65.5 Å². The number of Topliss-reactive ketones (excluding diaryl/α,β-unsaturated/α-hetero) is 1. The summed E-state index contributed by atoms with van der Waals surface area (Å²) in [5.41, 5.74) is 0.624. The molecular formula is C23H31FN2O3. The zero-order valence-electron chi connectivity index (χ0n) is 17.7. The quantitative estimate of drug-likeness (QED) is 0.778. The molecule has 5 nitrogen and oxygen atoms in total. The van der Waals surface area contributed by atoms with Gasteiger partial charge in [0, 0.05) is 37.8 Å². The monoisotopic (exact) mass is 402 g/mol. The van der Waals surface area contributed by atoms with Gasteiger partial charge in [-0.1, -0.05) is 45.9 Å². The molecule has 29 heavy (non-hydrogen) atoms. The molecule has 1 N–H and O–H groups in total. The lowest BCUT2D eigenvalue weighted by molar-refractivity contribution is 0.0624. The Morgan fingerprint density at radius 1 is 0.931 bits per heavy atom. The summed E-state index contributed by atoms with van der Waals surface area (Å²) in [6.45, 7) is 10.3. The van der Waals surface area contributed by atoms with E-state index in [2.05, 4.69) is 0 Å². The van der Waals surface area contributed by atoms with Crippen molar-refractivity contribution in [2.24, 2.45) is 0 Å². The van der Waals surface area contributed by atoms with E-state index in [4.69, 9.17) is 0 Å². The predicted molar refractivity (Wildman–Crippen MR) is 114 cm³/mol. The smallest absolute Gasteiger partial charge is 0.253 e. The highest BCUT2D eigenvalue weighted by Gasteiger charge is 2.24. The Bertz CT molecular complexity index is 773. The van der Waals surface area contributed by atoms with Crippen LogP contribution in [0.3, 0.4) is 0 Å². The van der Waals surface area contributed by atoms with Crippen LogP contribution in [-0.2, 0) is 0 Å². The predicted octanol–water partition coefficient (Wildman–Crippen LogP) is 4.22. The number of piperazine rings is 1. The minimum atomic E-state index is -0.720. The molecule has 2 aromatic rings. The first-order valence-electron chi connectivity index (χ1n) is 10.1. The first kappa shape index (κ1) is 24.3. The summed E-state index contributed by atoms with van der Waals surface area (Å²) in [5, 5.41) is 9.22. The van der Waals surface area contributed by atoms with Gasteiger partial charge in [0.25, 0.3) is 5.91 Å². The largest absolute Gasteiger partial charge is 0.508 e. The second-order valence-electron chi connectivity index (χ2n) is 6.02. The van der Waals surface area contributed by atoms with Gasteiger partial charge < -0.3 is 10.0 Å². The van der Waals surface area contributed by atoms with Gasteiger partial charge in [-0.05, 0) is 24.3 Å². The lowest BCUT2D eigenvalue weighted by atomic mass is 10.1. The molecule has 0 aromatic heterocycles. The second-order valence-corrected chi connectivity index (χ2v) is 6.02. The molecule has 1 saturated heterocycles. The van der Waals surface area contributed by atoms with Gasteiger partial charge in [-0.15, -0.1) is 0 Å². The molecule has 1 aliphatic rings. The van der Waals surface area contributed by atoms with Crippen LogP contribution in [0.5, 0.6) is 5.75 Å². The van der Waals surface area contributed by atoms with E-state index in [1.807, 2.05) is 50.8 Å². The Balaban J connectivity index is 0.000000989. The van der Waals surface area contributed by atoms with Crippen molar-refractivity contribution in [1.82, 2.24) is 9.80 Å². The first-order valence-corrected chi connectivity index (χ1v) is 10.1. The van der Waals surface area contributed by atoms with Crippen LogP contribution >= 0.6 is 0 Å². The van der Waals surface area contributed by atoms with Crippen LogP contribution in [0.1, 0.15) is 48.4 Å². The molecule has 3 rings (SSSR count). The standard InChI is InChI=1S/C19H19FN2O3.2C2H6/c20-17-12-15(23)6-7-16(17)18(24)13-21-8-10-22(11-9-21)19(25)14-4-2-1-3-5-14;2*1-2/h1-7,12,23H,8-11,13H2;2*1-2H3. The molecule has 158 valence electrons. The number of nitrogens with zero attached hydrogens (tertiary/aromatic N) is 2. The summed E-state index contributed by atoms with van der Waals surface area (Å²) in [5.74, 6) is -1.28. The van der Waals surface area contributed by atoms with Gasteiger partial charge in [0.05, 0.1) is 12.1 Å². The Kier molecular flexibility index (Phi) is 10.6. The molecule has 0 atom stereocenters. The van der Waals surface area contributed by atoms with Gasteiger partial charge in [0.1, 0.15) is 11.6 Å². The molecule has 0 aliphatic carbocycles. The average Bonchev–Trinajstić information content (AvgIpc) is 2.77. The summed E-state index contributed by atoms with van der Waals surface area (Å²) in [7, 11) is 0. The highest BCUT2D eigenvalue weighted by molar-refractivity contribution is 5.98. The third-order valence-corrected chi connectivity index (χ3v) is 4.30. The van der Waals surface area contributed by atoms with Crippen LogP contribution in [0.15, 0.2) is 48.5 Å². The van der Waals surface area contributed by atoms with Gasteiger partial charge in [-0.3, -0.25) is 14.5 Å². The number of hydrogen-bond acceptors (Lipinski definition) is 4. The van der Waals surface area contributed by atoms with E-state index < -0.39 is 5.82 Å². The number of aromatic hydroxyl groups is 1. The molecule has 1 amide bonds. The average molecular weight is 403 g/mol. The molecule has 2 aromatic carbocycles. The Labute approximate surface area is 172 Å². The lowest BCUT2D eigenvalue weighted by Gasteiger charge is -2.34. The number of phenolic OH excluding ortho intramolecular Hbond substituents is 1. The number of amides is 1. The van der Waals surface area contributed by atoms with Crippen molar-refractivity contribution >= 4 is 11.7 Å². The molecule has 0 bridgehead atoms. The van der Waals surface area contributed by atoms with E-state index in [0.29, 0.717) is 31.7 Å². The summed E-state index contributed by atoms with van der Waals surface area (Å²) in [6.07, 6.45) is 0. The highest BCUT2D eigenvalue weighted by Crippen LogP contribution is 2.16. The van der Waals surface area contributed by atoms with Crippen LogP contribution in [-0.4, -0.2) is 59.3 Å². The van der Waals surface area contributed by atoms with E-state index >= 15 is 0 Å². The van der Waals surface area contributed by atoms with Gasteiger partial charge in [0.2, 0.25) is 0 Å². The van der Waals surface area contributed by atoms with E-state index in [0.717, 1.165) is 6.07 Å². The number of rotatable bonds is 4. The number of ketones is 1. The SMILES string of the molecule is CC.CC.O=C(CN1CCN(C(=O)c2ccccc2)CC1)c1ccc(O)cc1F. The second kappa shape index (κ2) is 12.7. The van der Waals surface area contributed by atoms with Crippen LogP contribution in [0.2, 0.25) is 0 Å². The third-order valence-electron chi connectivity index (χ3n) is 4.30. The Morgan fingerprint density at radius 2 is 1.52 bits per heavy atom. The van der Waals surface area contributed by atoms with Gasteiger partial charge in [-0.2, -0.15) is 0 Å². The van der Waals surface area contributed by atoms with Crippen LogP contribution in [0.4, 0.5) is 4.39 Å².